The van der Waals surface area contributed by atoms with Crippen LogP contribution < -0.4 is 5.73 Å². The van der Waals surface area contributed by atoms with E-state index in [1.165, 1.54) is 11.1 Å². The molecule has 0 aliphatic rings. The van der Waals surface area contributed by atoms with Crippen molar-refractivity contribution < 1.29 is 0 Å². The summed E-state index contributed by atoms with van der Waals surface area (Å²) < 4.78 is 0. The maximum absolute atomic E-state index is 6.85. The van der Waals surface area contributed by atoms with Crippen molar-refractivity contribution in [3.8, 4) is 0 Å². The van der Waals surface area contributed by atoms with Crippen LogP contribution in [0.5, 0.6) is 0 Å². The van der Waals surface area contributed by atoms with Crippen LogP contribution in [0.2, 0.25) is 0 Å². The number of hydrogen-bond donors (Lipinski definition) is 1. The summed E-state index contributed by atoms with van der Waals surface area (Å²) in [6.45, 7) is 2.12. The molecule has 0 spiro atoms. The lowest BCUT2D eigenvalue weighted by Gasteiger charge is -2.35. The molecule has 0 bridgehead atoms. The minimum absolute atomic E-state index is 0. The molecule has 0 aliphatic carbocycles. The van der Waals surface area contributed by atoms with E-state index in [4.69, 9.17) is 5.73 Å². The van der Waals surface area contributed by atoms with Gasteiger partial charge in [-0.25, -0.2) is 0 Å². The van der Waals surface area contributed by atoms with Gasteiger partial charge in [-0.15, -0.1) is 0 Å². The summed E-state index contributed by atoms with van der Waals surface area (Å²) in [7, 11) is 0. The van der Waals surface area contributed by atoms with Gasteiger partial charge >= 0.3 is 0 Å². The first kappa shape index (κ1) is 17.0. The molecule has 0 fully saturated rings. The van der Waals surface area contributed by atoms with E-state index in [1.54, 1.807) is 0 Å². The highest BCUT2D eigenvalue weighted by atomic mass is 14.7. The highest BCUT2D eigenvalue weighted by molar-refractivity contribution is 5.75. The third-order valence-corrected chi connectivity index (χ3v) is 4.26. The maximum atomic E-state index is 6.85. The molecule has 0 saturated carbocycles. The summed E-state index contributed by atoms with van der Waals surface area (Å²) in [6, 6.07) is 31.4. The van der Waals surface area contributed by atoms with Crippen molar-refractivity contribution in [3.63, 3.8) is 0 Å². The average molecular weight is 298 g/mol. The second kappa shape index (κ2) is 7.30. The van der Waals surface area contributed by atoms with Crippen LogP contribution in [-0.2, 0) is 5.54 Å². The molecule has 1 nitrogen and oxygen atoms in total. The number of benzene rings is 3. The molecular weight excluding hydrogens is 277 g/mol. The van der Waals surface area contributed by atoms with Gasteiger partial charge in [0.1, 0.15) is 0 Å². The van der Waals surface area contributed by atoms with Crippen molar-refractivity contribution in [2.75, 3.05) is 0 Å². The fourth-order valence-corrected chi connectivity index (χ4v) is 3.14. The van der Waals surface area contributed by atoms with Crippen LogP contribution in [-0.4, -0.2) is 8.41 Å². The van der Waals surface area contributed by atoms with Gasteiger partial charge < -0.3 is 5.73 Å². The zero-order valence-electron chi connectivity index (χ0n) is 13.4. The van der Waals surface area contributed by atoms with E-state index in [0.717, 1.165) is 5.56 Å². The van der Waals surface area contributed by atoms with Crippen LogP contribution in [0.3, 0.4) is 0 Å². The summed E-state index contributed by atoms with van der Waals surface area (Å²) in [4.78, 5) is 0. The Morgan fingerprint density at radius 2 is 1.00 bits per heavy atom. The Labute approximate surface area is 140 Å². The SMILES string of the molecule is CC(N)(c1ccccc1)C(c1ccccc1)c1ccccc1.[B]. The molecule has 2 heteroatoms. The third kappa shape index (κ3) is 3.54. The topological polar surface area (TPSA) is 26.0 Å². The van der Waals surface area contributed by atoms with Crippen molar-refractivity contribution >= 4 is 8.41 Å². The van der Waals surface area contributed by atoms with Gasteiger partial charge in [0.2, 0.25) is 0 Å². The first-order chi connectivity index (χ1) is 10.7. The van der Waals surface area contributed by atoms with Crippen molar-refractivity contribution in [1.29, 1.82) is 0 Å². The van der Waals surface area contributed by atoms with Gasteiger partial charge in [0, 0.05) is 19.9 Å². The van der Waals surface area contributed by atoms with Crippen LogP contribution in [0.4, 0.5) is 0 Å². The molecular formula is C21H21BN. The van der Waals surface area contributed by atoms with E-state index in [2.05, 4.69) is 67.6 Å². The molecule has 1 atom stereocenters. The average Bonchev–Trinajstić information content (AvgIpc) is 2.58. The van der Waals surface area contributed by atoms with Crippen LogP contribution >= 0.6 is 0 Å². The van der Waals surface area contributed by atoms with E-state index < -0.39 is 5.54 Å². The lowest BCUT2D eigenvalue weighted by Crippen LogP contribution is -2.40. The second-order valence-electron chi connectivity index (χ2n) is 5.90. The molecule has 0 saturated heterocycles. The summed E-state index contributed by atoms with van der Waals surface area (Å²) in [5.74, 6) is 0.109. The molecule has 113 valence electrons. The Bertz CT molecular complexity index is 669. The van der Waals surface area contributed by atoms with E-state index in [-0.39, 0.29) is 14.3 Å². The van der Waals surface area contributed by atoms with Crippen molar-refractivity contribution in [2.24, 2.45) is 5.73 Å². The van der Waals surface area contributed by atoms with Crippen molar-refractivity contribution in [3.05, 3.63) is 108 Å². The molecule has 1 unspecified atom stereocenters. The monoisotopic (exact) mass is 298 g/mol. The largest absolute Gasteiger partial charge is 0.321 e. The minimum atomic E-state index is -0.482. The van der Waals surface area contributed by atoms with Crippen LogP contribution in [0.25, 0.3) is 0 Å². The number of rotatable bonds is 4. The van der Waals surface area contributed by atoms with Gasteiger partial charge in [0.05, 0.1) is 0 Å². The van der Waals surface area contributed by atoms with E-state index in [0.29, 0.717) is 0 Å². The van der Waals surface area contributed by atoms with Crippen LogP contribution in [0.1, 0.15) is 29.5 Å². The third-order valence-electron chi connectivity index (χ3n) is 4.26. The molecule has 2 N–H and O–H groups in total. The standard InChI is InChI=1S/C21H21N.B/c1-21(22,19-15-9-4-10-16-19)20(17-11-5-2-6-12-17)18-13-7-3-8-14-18;/h2-16,20H,22H2,1H3;. The second-order valence-corrected chi connectivity index (χ2v) is 5.90. The lowest BCUT2D eigenvalue weighted by molar-refractivity contribution is 0.432. The van der Waals surface area contributed by atoms with Gasteiger partial charge in [0.25, 0.3) is 0 Å². The molecule has 23 heavy (non-hydrogen) atoms. The highest BCUT2D eigenvalue weighted by Gasteiger charge is 2.34. The zero-order valence-corrected chi connectivity index (χ0v) is 13.4. The minimum Gasteiger partial charge on any atom is -0.321 e. The van der Waals surface area contributed by atoms with Crippen LogP contribution in [0.15, 0.2) is 91.0 Å². The van der Waals surface area contributed by atoms with Gasteiger partial charge in [-0.1, -0.05) is 91.0 Å². The number of nitrogens with two attached hydrogens (primary N) is 1. The Morgan fingerprint density at radius 1 is 0.652 bits per heavy atom. The van der Waals surface area contributed by atoms with Crippen molar-refractivity contribution in [1.82, 2.24) is 0 Å². The van der Waals surface area contributed by atoms with E-state index in [1.807, 2.05) is 30.3 Å². The van der Waals surface area contributed by atoms with Crippen LogP contribution in [0, 0.1) is 0 Å². The Balaban J connectivity index is 0.00000192. The molecule has 0 aliphatic heterocycles. The molecule has 3 aromatic carbocycles. The molecule has 3 radical (unpaired) electrons. The summed E-state index contributed by atoms with van der Waals surface area (Å²) in [6.07, 6.45) is 0. The van der Waals surface area contributed by atoms with Gasteiger partial charge in [0.15, 0.2) is 0 Å². The highest BCUT2D eigenvalue weighted by Crippen LogP contribution is 2.39. The van der Waals surface area contributed by atoms with Gasteiger partial charge in [-0.05, 0) is 23.6 Å². The smallest absolute Gasteiger partial charge is 0.0491 e. The quantitative estimate of drug-likeness (QED) is 0.714. The van der Waals surface area contributed by atoms with Gasteiger partial charge in [-0.3, -0.25) is 0 Å². The lowest BCUT2D eigenvalue weighted by atomic mass is 9.73. The molecule has 3 aromatic rings. The summed E-state index contributed by atoms with van der Waals surface area (Å²) in [5.41, 5.74) is 9.99. The fraction of sp³-hybridized carbons (Fsp3) is 0.143. The zero-order chi connectivity index (χ0) is 15.4. The fourth-order valence-electron chi connectivity index (χ4n) is 3.14. The van der Waals surface area contributed by atoms with Gasteiger partial charge in [-0.2, -0.15) is 0 Å². The summed E-state index contributed by atoms with van der Waals surface area (Å²) in [5, 5.41) is 0. The first-order valence-corrected chi connectivity index (χ1v) is 7.64. The van der Waals surface area contributed by atoms with E-state index >= 15 is 0 Å². The Hall–Kier alpha value is -2.32. The maximum Gasteiger partial charge on any atom is 0.0491 e. The predicted octanol–water partition coefficient (Wildman–Crippen LogP) is 4.31. The molecule has 3 rings (SSSR count). The Morgan fingerprint density at radius 3 is 1.39 bits per heavy atom. The molecule has 0 amide bonds. The Kier molecular flexibility index (Phi) is 5.41. The number of hydrogen-bond acceptors (Lipinski definition) is 1. The molecule has 0 aromatic heterocycles. The normalized spacial score (nSPS) is 13.2. The van der Waals surface area contributed by atoms with Crippen molar-refractivity contribution in [2.45, 2.75) is 18.4 Å². The predicted molar refractivity (Wildman–Crippen MR) is 98.5 cm³/mol. The first-order valence-electron chi connectivity index (χ1n) is 7.64. The van der Waals surface area contributed by atoms with E-state index in [9.17, 15) is 0 Å². The summed E-state index contributed by atoms with van der Waals surface area (Å²) >= 11 is 0. The molecule has 0 heterocycles.